The third-order valence-electron chi connectivity index (χ3n) is 4.40. The molecule has 4 aromatic rings. The summed E-state index contributed by atoms with van der Waals surface area (Å²) in [6, 6.07) is 29.8. The molecule has 0 radical (unpaired) electrons. The molecule has 0 aliphatic heterocycles. The van der Waals surface area contributed by atoms with Gasteiger partial charge in [0.1, 0.15) is 0 Å². The van der Waals surface area contributed by atoms with Crippen molar-refractivity contribution in [3.05, 3.63) is 95.5 Å². The predicted molar refractivity (Wildman–Crippen MR) is 105 cm³/mol. The Balaban J connectivity index is 1.97. The Hall–Kier alpha value is -2.57. The van der Waals surface area contributed by atoms with E-state index in [9.17, 15) is 0 Å². The number of halogens is 1. The molecule has 0 amide bonds. The van der Waals surface area contributed by atoms with Gasteiger partial charge in [-0.05, 0) is 64.2 Å². The fourth-order valence-electron chi connectivity index (χ4n) is 3.09. The van der Waals surface area contributed by atoms with E-state index < -0.39 is 0 Å². The molecule has 0 unspecified atom stereocenters. The largest absolute Gasteiger partial charge is 0.0843 e. The summed E-state index contributed by atoms with van der Waals surface area (Å²) in [6.45, 7) is 2.11. The minimum Gasteiger partial charge on any atom is -0.0843 e. The molecular weight excluding hydrogens is 312 g/mol. The third-order valence-corrected chi connectivity index (χ3v) is 4.65. The van der Waals surface area contributed by atoms with Crippen molar-refractivity contribution in [1.82, 2.24) is 0 Å². The lowest BCUT2D eigenvalue weighted by Gasteiger charge is -2.11. The van der Waals surface area contributed by atoms with Crippen LogP contribution in [0.25, 0.3) is 33.0 Å². The highest BCUT2D eigenvalue weighted by molar-refractivity contribution is 6.30. The van der Waals surface area contributed by atoms with Crippen LogP contribution in [0.2, 0.25) is 5.02 Å². The van der Waals surface area contributed by atoms with E-state index in [4.69, 9.17) is 11.6 Å². The first kappa shape index (κ1) is 15.0. The van der Waals surface area contributed by atoms with Crippen LogP contribution in [0.3, 0.4) is 0 Å². The molecule has 0 bridgehead atoms. The zero-order chi connectivity index (χ0) is 16.5. The van der Waals surface area contributed by atoms with Crippen LogP contribution in [0, 0.1) is 6.92 Å². The van der Waals surface area contributed by atoms with Crippen LogP contribution in [0.4, 0.5) is 0 Å². The number of fused-ring (bicyclic) bond motifs is 1. The van der Waals surface area contributed by atoms with Gasteiger partial charge < -0.3 is 0 Å². The predicted octanol–water partition coefficient (Wildman–Crippen LogP) is 7.14. The zero-order valence-corrected chi connectivity index (χ0v) is 14.2. The monoisotopic (exact) mass is 328 g/mol. The maximum atomic E-state index is 6.06. The highest BCUT2D eigenvalue weighted by atomic mass is 35.5. The molecule has 0 aliphatic carbocycles. The van der Waals surface area contributed by atoms with Crippen LogP contribution >= 0.6 is 11.6 Å². The van der Waals surface area contributed by atoms with Crippen LogP contribution in [-0.4, -0.2) is 0 Å². The van der Waals surface area contributed by atoms with Crippen LogP contribution in [-0.2, 0) is 0 Å². The summed E-state index contributed by atoms with van der Waals surface area (Å²) in [5.74, 6) is 0. The van der Waals surface area contributed by atoms with Crippen molar-refractivity contribution in [2.45, 2.75) is 6.92 Å². The SMILES string of the molecule is Cc1ccc(-c2cc(-c3ccc(Cl)cc3)c3ccccc3c2)cc1. The van der Waals surface area contributed by atoms with Gasteiger partial charge in [-0.25, -0.2) is 0 Å². The molecule has 0 saturated heterocycles. The van der Waals surface area contributed by atoms with Gasteiger partial charge >= 0.3 is 0 Å². The molecule has 0 nitrogen and oxygen atoms in total. The van der Waals surface area contributed by atoms with Gasteiger partial charge in [-0.1, -0.05) is 77.8 Å². The van der Waals surface area contributed by atoms with Crippen LogP contribution in [0.15, 0.2) is 84.9 Å². The summed E-state index contributed by atoms with van der Waals surface area (Å²) < 4.78 is 0. The maximum absolute atomic E-state index is 6.06. The molecule has 0 N–H and O–H groups in total. The first-order valence-electron chi connectivity index (χ1n) is 8.06. The Morgan fingerprint density at radius 2 is 1.29 bits per heavy atom. The average Bonchev–Trinajstić information content (AvgIpc) is 2.62. The van der Waals surface area contributed by atoms with Gasteiger partial charge in [-0.2, -0.15) is 0 Å². The number of aryl methyl sites for hydroxylation is 1. The standard InChI is InChI=1S/C23H17Cl/c1-16-6-8-17(9-7-16)20-14-19-4-2-3-5-22(19)23(15-20)18-10-12-21(24)13-11-18/h2-15H,1H3. The van der Waals surface area contributed by atoms with Gasteiger partial charge in [0.05, 0.1) is 0 Å². The maximum Gasteiger partial charge on any atom is 0.0406 e. The number of rotatable bonds is 2. The Morgan fingerprint density at radius 3 is 2.04 bits per heavy atom. The fraction of sp³-hybridized carbons (Fsp3) is 0.0435. The van der Waals surface area contributed by atoms with Gasteiger partial charge in [-0.15, -0.1) is 0 Å². The fourth-order valence-corrected chi connectivity index (χ4v) is 3.22. The molecule has 0 aliphatic rings. The lowest BCUT2D eigenvalue weighted by atomic mass is 9.93. The zero-order valence-electron chi connectivity index (χ0n) is 13.5. The Bertz CT molecular complexity index is 996. The average molecular weight is 329 g/mol. The number of hydrogen-bond acceptors (Lipinski definition) is 0. The first-order chi connectivity index (χ1) is 11.7. The minimum atomic E-state index is 0.762. The van der Waals surface area contributed by atoms with Crippen LogP contribution in [0.5, 0.6) is 0 Å². The number of benzene rings is 4. The topological polar surface area (TPSA) is 0 Å². The molecular formula is C23H17Cl. The van der Waals surface area contributed by atoms with E-state index in [1.807, 2.05) is 12.1 Å². The molecule has 1 heteroatoms. The van der Waals surface area contributed by atoms with Crippen LogP contribution in [0.1, 0.15) is 5.56 Å². The lowest BCUT2D eigenvalue weighted by molar-refractivity contribution is 1.47. The second kappa shape index (κ2) is 6.14. The van der Waals surface area contributed by atoms with Gasteiger partial charge in [0.25, 0.3) is 0 Å². The normalized spacial score (nSPS) is 10.9. The quantitative estimate of drug-likeness (QED) is 0.367. The van der Waals surface area contributed by atoms with Crippen molar-refractivity contribution in [2.75, 3.05) is 0 Å². The minimum absolute atomic E-state index is 0.762. The second-order valence-electron chi connectivity index (χ2n) is 6.12. The van der Waals surface area contributed by atoms with Gasteiger partial charge in [-0.3, -0.25) is 0 Å². The van der Waals surface area contributed by atoms with Crippen molar-refractivity contribution in [3.8, 4) is 22.3 Å². The van der Waals surface area contributed by atoms with Crippen molar-refractivity contribution < 1.29 is 0 Å². The van der Waals surface area contributed by atoms with E-state index in [2.05, 4.69) is 79.7 Å². The molecule has 4 rings (SSSR count). The van der Waals surface area contributed by atoms with E-state index >= 15 is 0 Å². The molecule has 0 atom stereocenters. The molecule has 0 fully saturated rings. The van der Waals surface area contributed by atoms with E-state index in [0.717, 1.165) is 5.02 Å². The summed E-state index contributed by atoms with van der Waals surface area (Å²) in [4.78, 5) is 0. The Morgan fingerprint density at radius 1 is 0.625 bits per heavy atom. The van der Waals surface area contributed by atoms with E-state index in [-0.39, 0.29) is 0 Å². The summed E-state index contributed by atoms with van der Waals surface area (Å²) >= 11 is 6.06. The highest BCUT2D eigenvalue weighted by Gasteiger charge is 2.08. The molecule has 0 spiro atoms. The van der Waals surface area contributed by atoms with E-state index in [1.54, 1.807) is 0 Å². The van der Waals surface area contributed by atoms with Crippen molar-refractivity contribution in [2.24, 2.45) is 0 Å². The molecule has 4 aromatic carbocycles. The summed E-state index contributed by atoms with van der Waals surface area (Å²) in [5, 5.41) is 3.27. The molecule has 0 saturated carbocycles. The Kier molecular flexibility index (Phi) is 3.84. The molecule has 0 aromatic heterocycles. The van der Waals surface area contributed by atoms with E-state index in [1.165, 1.54) is 38.6 Å². The van der Waals surface area contributed by atoms with Gasteiger partial charge in [0.15, 0.2) is 0 Å². The van der Waals surface area contributed by atoms with Gasteiger partial charge in [0, 0.05) is 5.02 Å². The van der Waals surface area contributed by atoms with Crippen molar-refractivity contribution in [1.29, 1.82) is 0 Å². The summed E-state index contributed by atoms with van der Waals surface area (Å²) in [6.07, 6.45) is 0. The Labute approximate surface area is 147 Å². The molecule has 116 valence electrons. The van der Waals surface area contributed by atoms with Gasteiger partial charge in [0.2, 0.25) is 0 Å². The molecule has 0 heterocycles. The summed E-state index contributed by atoms with van der Waals surface area (Å²) in [7, 11) is 0. The third kappa shape index (κ3) is 2.81. The molecule has 24 heavy (non-hydrogen) atoms. The first-order valence-corrected chi connectivity index (χ1v) is 8.44. The second-order valence-corrected chi connectivity index (χ2v) is 6.55. The highest BCUT2D eigenvalue weighted by Crippen LogP contribution is 2.34. The van der Waals surface area contributed by atoms with Crippen LogP contribution < -0.4 is 0 Å². The van der Waals surface area contributed by atoms with Crippen molar-refractivity contribution in [3.63, 3.8) is 0 Å². The lowest BCUT2D eigenvalue weighted by Crippen LogP contribution is -1.85. The van der Waals surface area contributed by atoms with Crippen molar-refractivity contribution >= 4 is 22.4 Å². The summed E-state index contributed by atoms with van der Waals surface area (Å²) in [5.41, 5.74) is 6.17. The van der Waals surface area contributed by atoms with E-state index in [0.29, 0.717) is 0 Å². The smallest absolute Gasteiger partial charge is 0.0406 e. The number of hydrogen-bond donors (Lipinski definition) is 0.